The predicted octanol–water partition coefficient (Wildman–Crippen LogP) is 6.02. The molecule has 0 radical (unpaired) electrons. The van der Waals surface area contributed by atoms with Gasteiger partial charge in [0.05, 0.1) is 38.0 Å². The molecule has 0 spiro atoms. The van der Waals surface area contributed by atoms with Gasteiger partial charge in [-0.15, -0.1) is 4.40 Å². The zero-order valence-electron chi connectivity index (χ0n) is 22.2. The number of hydrazine groups is 1. The third kappa shape index (κ3) is 5.36. The fraction of sp³-hybridized carbons (Fsp3) is 0.0333. The minimum Gasteiger partial charge on any atom is -0.340 e. The number of sulfonamides is 1. The Hall–Kier alpha value is -4.30. The van der Waals surface area contributed by atoms with Gasteiger partial charge in [-0.2, -0.15) is 18.0 Å². The Bertz CT molecular complexity index is 2060. The first kappa shape index (κ1) is 27.5. The van der Waals surface area contributed by atoms with Crippen LogP contribution in [-0.2, 0) is 10.0 Å². The number of benzene rings is 3. The highest BCUT2D eigenvalue weighted by molar-refractivity contribution is 9.11. The van der Waals surface area contributed by atoms with E-state index in [0.717, 1.165) is 31.5 Å². The lowest BCUT2D eigenvalue weighted by atomic mass is 10.1. The first-order valence-electron chi connectivity index (χ1n) is 13.1. The van der Waals surface area contributed by atoms with Gasteiger partial charge >= 0.3 is 0 Å². The van der Waals surface area contributed by atoms with Crippen LogP contribution in [0.25, 0.3) is 22.6 Å². The first-order chi connectivity index (χ1) is 20.9. The van der Waals surface area contributed by atoms with Gasteiger partial charge in [0.25, 0.3) is 10.0 Å². The minimum absolute atomic E-state index is 0.0641. The van der Waals surface area contributed by atoms with Crippen LogP contribution in [0.4, 0.5) is 11.5 Å². The number of rotatable bonds is 6. The van der Waals surface area contributed by atoms with Crippen molar-refractivity contribution in [3.05, 3.63) is 124 Å². The fourth-order valence-electron chi connectivity index (χ4n) is 4.77. The van der Waals surface area contributed by atoms with E-state index in [0.29, 0.717) is 29.5 Å². The van der Waals surface area contributed by atoms with Gasteiger partial charge in [-0.1, -0.05) is 76.6 Å². The van der Waals surface area contributed by atoms with E-state index >= 15 is 0 Å². The molecule has 0 amide bonds. The van der Waals surface area contributed by atoms with E-state index in [1.165, 1.54) is 12.1 Å². The molecule has 0 unspecified atom stereocenters. The summed E-state index contributed by atoms with van der Waals surface area (Å²) in [7, 11) is -4.05. The van der Waals surface area contributed by atoms with E-state index in [1.54, 1.807) is 33.9 Å². The van der Waals surface area contributed by atoms with E-state index in [-0.39, 0.29) is 10.7 Å². The molecule has 2 aliphatic heterocycles. The van der Waals surface area contributed by atoms with Crippen LogP contribution < -0.4 is 16.1 Å². The Morgan fingerprint density at radius 1 is 0.907 bits per heavy atom. The third-order valence-corrected chi connectivity index (χ3v) is 9.36. The number of nitrogens with zero attached hydrogens (tertiary/aromatic N) is 5. The molecule has 5 aromatic rings. The van der Waals surface area contributed by atoms with Crippen LogP contribution in [0.3, 0.4) is 0 Å². The Morgan fingerprint density at radius 3 is 2.33 bits per heavy atom. The number of hydrogen-bond acceptors (Lipinski definition) is 7. The molecule has 0 bridgehead atoms. The second-order valence-electron chi connectivity index (χ2n) is 9.67. The third-order valence-electron chi connectivity index (χ3n) is 6.85. The Balaban J connectivity index is 1.20. The molecule has 13 heteroatoms. The van der Waals surface area contributed by atoms with Crippen LogP contribution in [0.1, 0.15) is 5.56 Å². The SMILES string of the molecule is O=S(=O)(N=C1C=C(c2ccccc2)NC2=C(Br)CNN12)c1ccc(Nc2cc(-c3ccccc3)nc3c(Br)cnn23)cc1. The van der Waals surface area contributed by atoms with Crippen LogP contribution in [0.2, 0.25) is 0 Å². The molecule has 43 heavy (non-hydrogen) atoms. The molecule has 7 rings (SSSR count). The normalized spacial score (nSPS) is 15.9. The summed E-state index contributed by atoms with van der Waals surface area (Å²) in [4.78, 5) is 4.82. The van der Waals surface area contributed by atoms with Gasteiger partial charge in [-0.3, -0.25) is 0 Å². The average Bonchev–Trinajstić information content (AvgIpc) is 3.60. The van der Waals surface area contributed by atoms with E-state index in [9.17, 15) is 8.42 Å². The maximum Gasteiger partial charge on any atom is 0.284 e. The molecule has 10 nitrogen and oxygen atoms in total. The molecule has 0 atom stereocenters. The van der Waals surface area contributed by atoms with Gasteiger partial charge in [0.15, 0.2) is 11.5 Å². The molecule has 2 aromatic heterocycles. The summed E-state index contributed by atoms with van der Waals surface area (Å²) in [6, 6.07) is 27.9. The molecule has 214 valence electrons. The Labute approximate surface area is 264 Å². The van der Waals surface area contributed by atoms with Crippen molar-refractivity contribution in [1.29, 1.82) is 0 Å². The molecule has 0 aliphatic carbocycles. The zero-order valence-corrected chi connectivity index (χ0v) is 26.2. The Kier molecular flexibility index (Phi) is 7.09. The summed E-state index contributed by atoms with van der Waals surface area (Å²) in [5, 5.41) is 12.8. The topological polar surface area (TPSA) is 116 Å². The van der Waals surface area contributed by atoms with Crippen molar-refractivity contribution in [2.45, 2.75) is 4.90 Å². The van der Waals surface area contributed by atoms with Crippen LogP contribution in [0, 0.1) is 0 Å². The number of fused-ring (bicyclic) bond motifs is 2. The standard InChI is InChI=1S/C30H22Br2N8O2S/c31-23-17-33-39-27(15-25(36-29(23)39)19-7-3-1-4-8-19)35-21-11-13-22(14-12-21)43(41,42)38-28-16-26(20-9-5-2-6-10-20)37-30-24(32)18-34-40(28)30/h1-17,34-35,37H,18H2. The molecule has 0 fully saturated rings. The van der Waals surface area contributed by atoms with Gasteiger partial charge in [-0.25, -0.2) is 15.4 Å². The second kappa shape index (κ2) is 11.1. The second-order valence-corrected chi connectivity index (χ2v) is 13.1. The maximum atomic E-state index is 13.5. The summed E-state index contributed by atoms with van der Waals surface area (Å²) in [5.41, 5.74) is 7.86. The first-order valence-corrected chi connectivity index (χ1v) is 16.2. The molecule has 4 heterocycles. The van der Waals surface area contributed by atoms with Crippen LogP contribution >= 0.6 is 31.9 Å². The lowest BCUT2D eigenvalue weighted by Gasteiger charge is -2.29. The highest BCUT2D eigenvalue weighted by Gasteiger charge is 2.31. The van der Waals surface area contributed by atoms with Crippen molar-refractivity contribution in [2.24, 2.45) is 4.40 Å². The van der Waals surface area contributed by atoms with Crippen LogP contribution in [0.15, 0.2) is 127 Å². The summed E-state index contributed by atoms with van der Waals surface area (Å²) in [6.07, 6.45) is 3.40. The smallest absolute Gasteiger partial charge is 0.284 e. The minimum atomic E-state index is -4.05. The van der Waals surface area contributed by atoms with Crippen molar-refractivity contribution in [1.82, 2.24) is 30.3 Å². The van der Waals surface area contributed by atoms with Gasteiger partial charge in [0.1, 0.15) is 11.6 Å². The number of aromatic nitrogens is 3. The van der Waals surface area contributed by atoms with Crippen molar-refractivity contribution in [3.8, 4) is 11.3 Å². The van der Waals surface area contributed by atoms with Gasteiger partial charge in [0.2, 0.25) is 0 Å². The molecular weight excluding hydrogens is 696 g/mol. The molecule has 3 N–H and O–H groups in total. The number of anilines is 2. The van der Waals surface area contributed by atoms with Crippen molar-refractivity contribution in [2.75, 3.05) is 11.9 Å². The van der Waals surface area contributed by atoms with Crippen LogP contribution in [0.5, 0.6) is 0 Å². The number of halogens is 2. The molecule has 0 saturated heterocycles. The van der Waals surface area contributed by atoms with Gasteiger partial charge in [0, 0.05) is 23.4 Å². The molecule has 2 aliphatic rings. The van der Waals surface area contributed by atoms with Crippen molar-refractivity contribution >= 4 is 70.6 Å². The predicted molar refractivity (Wildman–Crippen MR) is 174 cm³/mol. The van der Waals surface area contributed by atoms with Crippen LogP contribution in [-0.4, -0.2) is 40.4 Å². The monoisotopic (exact) mass is 716 g/mol. The summed E-state index contributed by atoms with van der Waals surface area (Å²) in [6.45, 7) is 0.499. The maximum absolute atomic E-state index is 13.5. The lowest BCUT2D eigenvalue weighted by molar-refractivity contribution is 0.414. The number of amidine groups is 1. The fourth-order valence-corrected chi connectivity index (χ4v) is 6.48. The van der Waals surface area contributed by atoms with Gasteiger partial charge < -0.3 is 10.6 Å². The summed E-state index contributed by atoms with van der Waals surface area (Å²) in [5.74, 6) is 1.61. The van der Waals surface area contributed by atoms with E-state index in [4.69, 9.17) is 4.98 Å². The van der Waals surface area contributed by atoms with E-state index in [2.05, 4.69) is 57.4 Å². The van der Waals surface area contributed by atoms with Crippen molar-refractivity contribution < 1.29 is 8.42 Å². The molecule has 0 saturated carbocycles. The van der Waals surface area contributed by atoms with E-state index < -0.39 is 10.0 Å². The van der Waals surface area contributed by atoms with Crippen molar-refractivity contribution in [3.63, 3.8) is 0 Å². The average molecular weight is 718 g/mol. The highest BCUT2D eigenvalue weighted by Crippen LogP contribution is 2.30. The largest absolute Gasteiger partial charge is 0.340 e. The zero-order chi connectivity index (χ0) is 29.6. The molecule has 3 aromatic carbocycles. The lowest BCUT2D eigenvalue weighted by Crippen LogP contribution is -2.44. The molecular formula is C30H22Br2N8O2S. The quantitative estimate of drug-likeness (QED) is 0.196. The number of nitrogens with one attached hydrogen (secondary N) is 3. The summed E-state index contributed by atoms with van der Waals surface area (Å²) >= 11 is 7.09. The van der Waals surface area contributed by atoms with E-state index in [1.807, 2.05) is 66.7 Å². The number of hydrogen-bond donors (Lipinski definition) is 3. The Morgan fingerprint density at radius 2 is 1.60 bits per heavy atom. The summed E-state index contributed by atoms with van der Waals surface area (Å²) < 4.78 is 34.5. The highest BCUT2D eigenvalue weighted by atomic mass is 79.9. The van der Waals surface area contributed by atoms with Gasteiger partial charge in [-0.05, 0) is 45.8 Å².